The molecule has 0 aliphatic rings. The second-order valence-electron chi connectivity index (χ2n) is 9.07. The highest BCUT2D eigenvalue weighted by Gasteiger charge is 2.15. The zero-order chi connectivity index (χ0) is 31.0. The Kier molecular flexibility index (Phi) is 12.9. The molecule has 0 unspecified atom stereocenters. The number of esters is 4. The van der Waals surface area contributed by atoms with Gasteiger partial charge in [-0.25, -0.2) is 14.4 Å². The number of carbonyl (C=O) groups excluding carboxylic acids is 4. The van der Waals surface area contributed by atoms with Crippen molar-refractivity contribution in [3.05, 3.63) is 96.6 Å². The molecule has 0 aliphatic carbocycles. The van der Waals surface area contributed by atoms with Gasteiger partial charge in [0.15, 0.2) is 0 Å². The van der Waals surface area contributed by atoms with Gasteiger partial charge in [0.1, 0.15) is 36.2 Å². The molecular weight excluding hydrogens is 556 g/mol. The van der Waals surface area contributed by atoms with Gasteiger partial charge in [-0.05, 0) is 85.6 Å². The fraction of sp³-hybridized carbons (Fsp3) is 0.273. The van der Waals surface area contributed by atoms with E-state index in [9.17, 15) is 19.2 Å². The first-order chi connectivity index (χ1) is 20.8. The smallest absolute Gasteiger partial charge is 0.343 e. The molecule has 43 heavy (non-hydrogen) atoms. The lowest BCUT2D eigenvalue weighted by Crippen LogP contribution is -2.19. The van der Waals surface area contributed by atoms with Crippen molar-refractivity contribution >= 4 is 23.9 Å². The molecule has 0 spiro atoms. The van der Waals surface area contributed by atoms with Crippen LogP contribution in [0.25, 0.3) is 0 Å². The number of hydrogen-bond acceptors (Lipinski definition) is 10. The fourth-order valence-corrected chi connectivity index (χ4v) is 3.67. The Morgan fingerprint density at radius 2 is 1.07 bits per heavy atom. The van der Waals surface area contributed by atoms with Crippen LogP contribution in [0.5, 0.6) is 23.0 Å². The third kappa shape index (κ3) is 10.8. The van der Waals surface area contributed by atoms with Crippen molar-refractivity contribution in [3.8, 4) is 23.0 Å². The molecular formula is C33H34O10. The van der Waals surface area contributed by atoms with E-state index < -0.39 is 17.9 Å². The molecule has 0 fully saturated rings. The van der Waals surface area contributed by atoms with Crippen LogP contribution in [0.3, 0.4) is 0 Å². The second-order valence-corrected chi connectivity index (χ2v) is 9.07. The topological polar surface area (TPSA) is 124 Å². The fourth-order valence-electron chi connectivity index (χ4n) is 3.67. The standard InChI is InChI=1S/C33H34O10/c1-4-23(5-2)31(35)40-22-20-38-19-21-39-26-11-7-24(8-12-26)32(36)42-28-13-9-25(10-14-28)33(37)43-29-17-15-27(16-18-29)41-30(34)6-3/h6-18,23H,3-5,19-22H2,1-2H3. The van der Waals surface area contributed by atoms with Crippen LogP contribution in [-0.4, -0.2) is 50.3 Å². The van der Waals surface area contributed by atoms with E-state index in [1.165, 1.54) is 48.5 Å². The molecule has 10 nitrogen and oxygen atoms in total. The van der Waals surface area contributed by atoms with Crippen molar-refractivity contribution in [2.24, 2.45) is 5.92 Å². The number of carbonyl (C=O) groups is 4. The minimum atomic E-state index is -0.616. The van der Waals surface area contributed by atoms with Crippen LogP contribution in [0.15, 0.2) is 85.5 Å². The highest BCUT2D eigenvalue weighted by atomic mass is 16.6. The Morgan fingerprint density at radius 3 is 1.56 bits per heavy atom. The molecule has 3 aromatic rings. The van der Waals surface area contributed by atoms with Gasteiger partial charge in [0.2, 0.25) is 0 Å². The summed E-state index contributed by atoms with van der Waals surface area (Å²) in [4.78, 5) is 48.1. The van der Waals surface area contributed by atoms with E-state index in [1.54, 1.807) is 24.3 Å². The first kappa shape index (κ1) is 32.6. The van der Waals surface area contributed by atoms with E-state index in [1.807, 2.05) is 13.8 Å². The third-order valence-electron chi connectivity index (χ3n) is 6.10. The van der Waals surface area contributed by atoms with Crippen molar-refractivity contribution in [2.75, 3.05) is 26.4 Å². The minimum Gasteiger partial charge on any atom is -0.491 e. The zero-order valence-corrected chi connectivity index (χ0v) is 24.1. The molecule has 0 amide bonds. The van der Waals surface area contributed by atoms with Gasteiger partial charge in [-0.1, -0.05) is 20.4 Å². The van der Waals surface area contributed by atoms with Crippen molar-refractivity contribution < 1.29 is 47.6 Å². The number of rotatable bonds is 16. The summed E-state index contributed by atoms with van der Waals surface area (Å²) < 4.78 is 31.9. The van der Waals surface area contributed by atoms with Gasteiger partial charge in [-0.15, -0.1) is 0 Å². The lowest BCUT2D eigenvalue weighted by atomic mass is 10.0. The lowest BCUT2D eigenvalue weighted by Gasteiger charge is -2.12. The van der Waals surface area contributed by atoms with Crippen LogP contribution in [0.1, 0.15) is 47.4 Å². The van der Waals surface area contributed by atoms with Crippen LogP contribution in [-0.2, 0) is 19.1 Å². The van der Waals surface area contributed by atoms with E-state index in [-0.39, 0.29) is 54.5 Å². The molecule has 226 valence electrons. The van der Waals surface area contributed by atoms with Crippen LogP contribution >= 0.6 is 0 Å². The summed E-state index contributed by atoms with van der Waals surface area (Å²) in [5.41, 5.74) is 0.559. The van der Waals surface area contributed by atoms with Crippen molar-refractivity contribution in [2.45, 2.75) is 26.7 Å². The predicted molar refractivity (Wildman–Crippen MR) is 156 cm³/mol. The zero-order valence-electron chi connectivity index (χ0n) is 24.1. The third-order valence-corrected chi connectivity index (χ3v) is 6.10. The van der Waals surface area contributed by atoms with Gasteiger partial charge in [0, 0.05) is 6.08 Å². The summed E-state index contributed by atoms with van der Waals surface area (Å²) in [6, 6.07) is 18.3. The molecule has 0 atom stereocenters. The normalized spacial score (nSPS) is 10.5. The van der Waals surface area contributed by atoms with E-state index in [4.69, 9.17) is 28.4 Å². The Hall–Kier alpha value is -4.96. The molecule has 0 aromatic heterocycles. The average Bonchev–Trinajstić information content (AvgIpc) is 3.02. The minimum absolute atomic E-state index is 0.0733. The van der Waals surface area contributed by atoms with Gasteiger partial charge < -0.3 is 28.4 Å². The maximum Gasteiger partial charge on any atom is 0.343 e. The second kappa shape index (κ2) is 17.1. The van der Waals surface area contributed by atoms with Gasteiger partial charge in [-0.2, -0.15) is 0 Å². The first-order valence-electron chi connectivity index (χ1n) is 13.8. The molecule has 0 saturated heterocycles. The van der Waals surface area contributed by atoms with E-state index >= 15 is 0 Å². The predicted octanol–water partition coefficient (Wildman–Crippen LogP) is 5.59. The van der Waals surface area contributed by atoms with E-state index in [0.717, 1.165) is 18.9 Å². The van der Waals surface area contributed by atoms with Gasteiger partial charge in [0.05, 0.1) is 30.3 Å². The van der Waals surface area contributed by atoms with Crippen molar-refractivity contribution in [1.29, 1.82) is 0 Å². The van der Waals surface area contributed by atoms with Gasteiger partial charge in [0.25, 0.3) is 0 Å². The van der Waals surface area contributed by atoms with Gasteiger partial charge in [-0.3, -0.25) is 4.79 Å². The molecule has 3 rings (SSSR count). The highest BCUT2D eigenvalue weighted by Crippen LogP contribution is 2.21. The Labute approximate surface area is 250 Å². The van der Waals surface area contributed by atoms with Crippen LogP contribution in [0.4, 0.5) is 0 Å². The van der Waals surface area contributed by atoms with Crippen LogP contribution in [0, 0.1) is 5.92 Å². The summed E-state index contributed by atoms with van der Waals surface area (Å²) in [6.45, 7) is 8.32. The quantitative estimate of drug-likeness (QED) is 0.0902. The molecule has 10 heteroatoms. The van der Waals surface area contributed by atoms with Gasteiger partial charge >= 0.3 is 23.9 Å². The Bertz CT molecular complexity index is 1360. The molecule has 0 bridgehead atoms. The molecule has 0 N–H and O–H groups in total. The summed E-state index contributed by atoms with van der Waals surface area (Å²) in [5.74, 6) is -0.719. The lowest BCUT2D eigenvalue weighted by molar-refractivity contribution is -0.150. The summed E-state index contributed by atoms with van der Waals surface area (Å²) in [6.07, 6.45) is 2.55. The van der Waals surface area contributed by atoms with Crippen LogP contribution < -0.4 is 18.9 Å². The first-order valence-corrected chi connectivity index (χ1v) is 13.8. The average molecular weight is 591 g/mol. The summed E-state index contributed by atoms with van der Waals surface area (Å²) >= 11 is 0. The monoisotopic (exact) mass is 590 g/mol. The molecule has 0 aliphatic heterocycles. The Balaban J connectivity index is 1.38. The van der Waals surface area contributed by atoms with Crippen molar-refractivity contribution in [1.82, 2.24) is 0 Å². The maximum atomic E-state index is 12.5. The summed E-state index contributed by atoms with van der Waals surface area (Å²) in [5, 5.41) is 0. The molecule has 0 saturated carbocycles. The number of benzene rings is 3. The van der Waals surface area contributed by atoms with E-state index in [0.29, 0.717) is 17.9 Å². The largest absolute Gasteiger partial charge is 0.491 e. The van der Waals surface area contributed by atoms with E-state index in [2.05, 4.69) is 6.58 Å². The van der Waals surface area contributed by atoms with Crippen molar-refractivity contribution in [3.63, 3.8) is 0 Å². The molecule has 0 radical (unpaired) electrons. The Morgan fingerprint density at radius 1 is 0.628 bits per heavy atom. The number of ether oxygens (including phenoxy) is 6. The SMILES string of the molecule is C=CC(=O)Oc1ccc(OC(=O)c2ccc(OC(=O)c3ccc(OCCOCCOC(=O)C(CC)CC)cc3)cc2)cc1. The maximum absolute atomic E-state index is 12.5. The van der Waals surface area contributed by atoms with Crippen LogP contribution in [0.2, 0.25) is 0 Å². The molecule has 3 aromatic carbocycles. The summed E-state index contributed by atoms with van der Waals surface area (Å²) in [7, 11) is 0. The highest BCUT2D eigenvalue weighted by molar-refractivity contribution is 5.92. The molecule has 0 heterocycles. The number of hydrogen-bond donors (Lipinski definition) is 0.